The number of hydrogen-bond acceptors (Lipinski definition) is 4. The molecule has 0 radical (unpaired) electrons. The van der Waals surface area contributed by atoms with Crippen LogP contribution < -0.4 is 0 Å². The first kappa shape index (κ1) is 16.3. The Kier molecular flexibility index (Phi) is 5.67. The summed E-state index contributed by atoms with van der Waals surface area (Å²) in [7, 11) is 0. The SMILES string of the molecule is CC(C)Cc1nc(CSc2cccc(Cl)c2)sc1C(=O)O. The van der Waals surface area contributed by atoms with Crippen molar-refractivity contribution in [2.45, 2.75) is 30.9 Å². The molecule has 21 heavy (non-hydrogen) atoms. The largest absolute Gasteiger partial charge is 0.477 e. The molecule has 1 aromatic carbocycles. The van der Waals surface area contributed by atoms with Crippen LogP contribution in [0.4, 0.5) is 0 Å². The number of carbonyl (C=O) groups is 1. The standard InChI is InChI=1S/C15H16ClNO2S2/c1-9(2)6-12-14(15(18)19)21-13(17-12)8-20-11-5-3-4-10(16)7-11/h3-5,7,9H,6,8H2,1-2H3,(H,18,19). The monoisotopic (exact) mass is 341 g/mol. The van der Waals surface area contributed by atoms with Gasteiger partial charge in [-0.15, -0.1) is 23.1 Å². The molecular weight excluding hydrogens is 326 g/mol. The second-order valence-electron chi connectivity index (χ2n) is 5.03. The van der Waals surface area contributed by atoms with Gasteiger partial charge in [-0.05, 0) is 30.5 Å². The number of aromatic nitrogens is 1. The molecule has 0 unspecified atom stereocenters. The lowest BCUT2D eigenvalue weighted by atomic mass is 10.1. The van der Waals surface area contributed by atoms with Crippen LogP contribution in [-0.4, -0.2) is 16.1 Å². The molecule has 0 atom stereocenters. The van der Waals surface area contributed by atoms with Gasteiger partial charge < -0.3 is 5.11 Å². The number of carboxylic acid groups (broad SMARTS) is 1. The van der Waals surface area contributed by atoms with E-state index in [1.54, 1.807) is 11.8 Å². The van der Waals surface area contributed by atoms with Gasteiger partial charge in [0.05, 0.1) is 11.4 Å². The zero-order valence-electron chi connectivity index (χ0n) is 11.8. The highest BCUT2D eigenvalue weighted by Gasteiger charge is 2.18. The van der Waals surface area contributed by atoms with Gasteiger partial charge in [-0.1, -0.05) is 31.5 Å². The highest BCUT2D eigenvalue weighted by molar-refractivity contribution is 7.98. The van der Waals surface area contributed by atoms with Crippen molar-refractivity contribution in [2.24, 2.45) is 5.92 Å². The van der Waals surface area contributed by atoms with Crippen molar-refractivity contribution in [3.05, 3.63) is 44.9 Å². The number of nitrogens with zero attached hydrogens (tertiary/aromatic N) is 1. The van der Waals surface area contributed by atoms with Crippen LogP contribution in [0.5, 0.6) is 0 Å². The van der Waals surface area contributed by atoms with Crippen LogP contribution in [0.15, 0.2) is 29.2 Å². The fraction of sp³-hybridized carbons (Fsp3) is 0.333. The van der Waals surface area contributed by atoms with Gasteiger partial charge in [0.15, 0.2) is 0 Å². The van der Waals surface area contributed by atoms with Crippen molar-refractivity contribution < 1.29 is 9.90 Å². The number of thioether (sulfide) groups is 1. The van der Waals surface area contributed by atoms with E-state index in [9.17, 15) is 9.90 Å². The van der Waals surface area contributed by atoms with E-state index in [0.29, 0.717) is 33.7 Å². The molecule has 0 amide bonds. The second-order valence-corrected chi connectivity index (χ2v) is 7.60. The molecule has 6 heteroatoms. The van der Waals surface area contributed by atoms with Gasteiger partial charge in [-0.3, -0.25) is 0 Å². The van der Waals surface area contributed by atoms with E-state index in [2.05, 4.69) is 18.8 Å². The maximum atomic E-state index is 11.3. The number of hydrogen-bond donors (Lipinski definition) is 1. The molecule has 1 N–H and O–H groups in total. The van der Waals surface area contributed by atoms with Crippen LogP contribution in [0.3, 0.4) is 0 Å². The molecule has 2 rings (SSSR count). The van der Waals surface area contributed by atoms with Crippen LogP contribution in [0.2, 0.25) is 5.02 Å². The van der Waals surface area contributed by atoms with Gasteiger partial charge in [0.1, 0.15) is 9.88 Å². The summed E-state index contributed by atoms with van der Waals surface area (Å²) in [5, 5.41) is 10.8. The Morgan fingerprint density at radius 1 is 1.48 bits per heavy atom. The fourth-order valence-corrected chi connectivity index (χ4v) is 3.99. The van der Waals surface area contributed by atoms with Gasteiger partial charge in [0.25, 0.3) is 0 Å². The molecule has 1 heterocycles. The van der Waals surface area contributed by atoms with Crippen LogP contribution >= 0.6 is 34.7 Å². The number of aromatic carboxylic acids is 1. The van der Waals surface area contributed by atoms with E-state index in [0.717, 1.165) is 9.90 Å². The number of carboxylic acids is 1. The quantitative estimate of drug-likeness (QED) is 0.752. The van der Waals surface area contributed by atoms with Gasteiger partial charge >= 0.3 is 5.97 Å². The maximum absolute atomic E-state index is 11.3. The Labute approximate surface area is 137 Å². The van der Waals surface area contributed by atoms with E-state index in [1.165, 1.54) is 11.3 Å². The zero-order chi connectivity index (χ0) is 15.4. The highest BCUT2D eigenvalue weighted by Crippen LogP contribution is 2.29. The maximum Gasteiger partial charge on any atom is 0.347 e. The lowest BCUT2D eigenvalue weighted by molar-refractivity contribution is 0.0700. The molecule has 0 saturated heterocycles. The van der Waals surface area contributed by atoms with Crippen molar-refractivity contribution in [2.75, 3.05) is 0 Å². The summed E-state index contributed by atoms with van der Waals surface area (Å²) >= 11 is 8.83. The Balaban J connectivity index is 2.11. The molecule has 3 nitrogen and oxygen atoms in total. The second kappa shape index (κ2) is 7.29. The van der Waals surface area contributed by atoms with Crippen LogP contribution in [0.25, 0.3) is 0 Å². The summed E-state index contributed by atoms with van der Waals surface area (Å²) in [6, 6.07) is 7.61. The Morgan fingerprint density at radius 2 is 2.24 bits per heavy atom. The fourth-order valence-electron chi connectivity index (χ4n) is 1.86. The van der Waals surface area contributed by atoms with Crippen molar-refractivity contribution in [3.8, 4) is 0 Å². The van der Waals surface area contributed by atoms with E-state index in [1.807, 2.05) is 24.3 Å². The molecule has 112 valence electrons. The summed E-state index contributed by atoms with van der Waals surface area (Å²) in [5.41, 5.74) is 0.698. The van der Waals surface area contributed by atoms with Gasteiger partial charge in [-0.2, -0.15) is 0 Å². The Hall–Kier alpha value is -1.04. The zero-order valence-corrected chi connectivity index (χ0v) is 14.2. The first-order valence-corrected chi connectivity index (χ1v) is 8.74. The van der Waals surface area contributed by atoms with Crippen molar-refractivity contribution in [3.63, 3.8) is 0 Å². The summed E-state index contributed by atoms with van der Waals surface area (Å²) in [5.74, 6) is 0.157. The van der Waals surface area contributed by atoms with Crippen molar-refractivity contribution >= 4 is 40.7 Å². The summed E-state index contributed by atoms with van der Waals surface area (Å²) in [4.78, 5) is 17.2. The van der Waals surface area contributed by atoms with Crippen LogP contribution in [-0.2, 0) is 12.2 Å². The normalized spacial score (nSPS) is 11.0. The van der Waals surface area contributed by atoms with Gasteiger partial charge in [0.2, 0.25) is 0 Å². The number of benzene rings is 1. The van der Waals surface area contributed by atoms with E-state index in [-0.39, 0.29) is 0 Å². The molecule has 0 fully saturated rings. The lowest BCUT2D eigenvalue weighted by Gasteiger charge is -2.01. The highest BCUT2D eigenvalue weighted by atomic mass is 35.5. The molecule has 0 spiro atoms. The smallest absolute Gasteiger partial charge is 0.347 e. The van der Waals surface area contributed by atoms with Crippen molar-refractivity contribution in [1.82, 2.24) is 4.98 Å². The van der Waals surface area contributed by atoms with Crippen LogP contribution in [0, 0.1) is 5.92 Å². The number of halogens is 1. The van der Waals surface area contributed by atoms with E-state index in [4.69, 9.17) is 11.6 Å². The van der Waals surface area contributed by atoms with Crippen LogP contribution in [0.1, 0.15) is 34.2 Å². The minimum Gasteiger partial charge on any atom is -0.477 e. The van der Waals surface area contributed by atoms with E-state index < -0.39 is 5.97 Å². The molecule has 0 aliphatic heterocycles. The molecule has 2 aromatic rings. The summed E-state index contributed by atoms with van der Waals surface area (Å²) in [6.45, 7) is 4.12. The number of thiazole rings is 1. The number of rotatable bonds is 6. The predicted octanol–water partition coefficient (Wildman–Crippen LogP) is 4.99. The Morgan fingerprint density at radius 3 is 2.86 bits per heavy atom. The molecule has 0 aliphatic rings. The first-order valence-electron chi connectivity index (χ1n) is 6.56. The average molecular weight is 342 g/mol. The molecular formula is C15H16ClNO2S2. The summed E-state index contributed by atoms with van der Waals surface area (Å²) in [6.07, 6.45) is 0.694. The average Bonchev–Trinajstić information content (AvgIpc) is 2.79. The first-order chi connectivity index (χ1) is 9.95. The van der Waals surface area contributed by atoms with Crippen molar-refractivity contribution in [1.29, 1.82) is 0 Å². The van der Waals surface area contributed by atoms with Gasteiger partial charge in [0, 0.05) is 9.92 Å². The minimum absolute atomic E-state index is 0.366. The third-order valence-corrected chi connectivity index (χ3v) is 5.20. The minimum atomic E-state index is -0.887. The molecule has 1 aromatic heterocycles. The predicted molar refractivity (Wildman–Crippen MR) is 88.6 cm³/mol. The third kappa shape index (κ3) is 4.73. The topological polar surface area (TPSA) is 50.2 Å². The molecule has 0 bridgehead atoms. The molecule has 0 aliphatic carbocycles. The lowest BCUT2D eigenvalue weighted by Crippen LogP contribution is -2.02. The van der Waals surface area contributed by atoms with Gasteiger partial charge in [-0.25, -0.2) is 9.78 Å². The summed E-state index contributed by atoms with van der Waals surface area (Å²) < 4.78 is 0. The Bertz CT molecular complexity index is 640. The van der Waals surface area contributed by atoms with E-state index >= 15 is 0 Å². The third-order valence-electron chi connectivity index (χ3n) is 2.70. The molecule has 0 saturated carbocycles.